The molecule has 2 amide bonds. The van der Waals surface area contributed by atoms with Crippen LogP contribution in [-0.2, 0) is 22.7 Å². The molecule has 4 rings (SSSR count). The van der Waals surface area contributed by atoms with Crippen LogP contribution in [0.15, 0.2) is 59.5 Å². The number of carbonyl (C=O) groups is 2. The number of benzene rings is 2. The summed E-state index contributed by atoms with van der Waals surface area (Å²) in [6.07, 6.45) is 0.547. The molecule has 1 aliphatic heterocycles. The maximum atomic E-state index is 11.2. The molecule has 1 aromatic heterocycles. The largest absolute Gasteiger partial charge is 0.357 e. The maximum Gasteiger partial charge on any atom is 0.242 e. The summed E-state index contributed by atoms with van der Waals surface area (Å²) in [6, 6.07) is 18.7. The monoisotopic (exact) mass is 507 g/mol. The summed E-state index contributed by atoms with van der Waals surface area (Å²) in [5, 5.41) is 4.98. The van der Waals surface area contributed by atoms with Crippen LogP contribution in [0.1, 0.15) is 37.7 Å². The van der Waals surface area contributed by atoms with Gasteiger partial charge in [-0.3, -0.25) is 9.59 Å². The van der Waals surface area contributed by atoms with Gasteiger partial charge in [-0.05, 0) is 48.9 Å². The number of nitrogens with one attached hydrogen (secondary N) is 2. The van der Waals surface area contributed by atoms with Crippen LogP contribution in [0.4, 0.5) is 0 Å². The summed E-state index contributed by atoms with van der Waals surface area (Å²) in [5.74, 6) is 0.929. The van der Waals surface area contributed by atoms with Crippen LogP contribution in [0.2, 0.25) is 0 Å². The number of nitrogens with zero attached hydrogens (tertiary/aromatic N) is 3. The molecular weight excluding hydrogens is 470 g/mol. The molecule has 2 heterocycles. The smallest absolute Gasteiger partial charge is 0.242 e. The lowest BCUT2D eigenvalue weighted by atomic mass is 9.86. The molecule has 1 atom stereocenters. The Labute approximate surface area is 218 Å². The zero-order valence-corrected chi connectivity index (χ0v) is 22.9. The Balaban J connectivity index is 0.000000257. The Kier molecular flexibility index (Phi) is 9.34. The molecule has 3 aromatic rings. The second-order valence-electron chi connectivity index (χ2n) is 9.95. The van der Waals surface area contributed by atoms with Gasteiger partial charge in [0.2, 0.25) is 12.3 Å². The van der Waals surface area contributed by atoms with Crippen LogP contribution in [0.3, 0.4) is 0 Å². The predicted octanol–water partition coefficient (Wildman–Crippen LogP) is 4.58. The molecule has 0 radical (unpaired) electrons. The van der Waals surface area contributed by atoms with Gasteiger partial charge in [0.25, 0.3) is 0 Å². The van der Waals surface area contributed by atoms with Crippen LogP contribution < -0.4 is 10.6 Å². The number of aryl methyl sites for hydroxylation is 2. The standard InChI is InChI=1S/C20H21N3S.C8H16N2O2/c1-15-7-6-10-18(13-15)24-22-11-12-23-19(14-22)16(2)21-20(23)17-8-4-3-5-9-17;1-8(2,3)6(10-5-11)7(12)9-4/h3-10,13H,11-12,14H2,1-2H3;5-6H,1-4H3,(H,9,12)(H,10,11). The molecule has 1 unspecified atom stereocenters. The van der Waals surface area contributed by atoms with Crippen molar-refractivity contribution in [2.24, 2.45) is 5.41 Å². The van der Waals surface area contributed by atoms with E-state index in [1.807, 2.05) is 32.7 Å². The fourth-order valence-electron chi connectivity index (χ4n) is 4.14. The lowest BCUT2D eigenvalue weighted by molar-refractivity contribution is -0.127. The normalized spacial score (nSPS) is 14.2. The second kappa shape index (κ2) is 12.2. The van der Waals surface area contributed by atoms with E-state index in [1.165, 1.54) is 21.7 Å². The molecule has 7 nitrogen and oxygen atoms in total. The van der Waals surface area contributed by atoms with Crippen LogP contribution >= 0.6 is 11.9 Å². The Bertz CT molecular complexity index is 1170. The van der Waals surface area contributed by atoms with E-state index in [0.717, 1.165) is 31.2 Å². The van der Waals surface area contributed by atoms with E-state index in [0.29, 0.717) is 6.41 Å². The first-order chi connectivity index (χ1) is 17.1. The van der Waals surface area contributed by atoms with Crippen molar-refractivity contribution >= 4 is 24.3 Å². The van der Waals surface area contributed by atoms with E-state index in [9.17, 15) is 9.59 Å². The predicted molar refractivity (Wildman–Crippen MR) is 146 cm³/mol. The van der Waals surface area contributed by atoms with Gasteiger partial charge in [0.15, 0.2) is 0 Å². The van der Waals surface area contributed by atoms with E-state index in [1.54, 1.807) is 7.05 Å². The summed E-state index contributed by atoms with van der Waals surface area (Å²) < 4.78 is 4.82. The van der Waals surface area contributed by atoms with Crippen molar-refractivity contribution in [1.82, 2.24) is 24.5 Å². The van der Waals surface area contributed by atoms with Gasteiger partial charge in [0.1, 0.15) is 11.9 Å². The van der Waals surface area contributed by atoms with Gasteiger partial charge in [-0.1, -0.05) is 63.2 Å². The zero-order chi connectivity index (χ0) is 26.3. The number of fused-ring (bicyclic) bond motifs is 1. The van der Waals surface area contributed by atoms with Gasteiger partial charge in [0, 0.05) is 30.6 Å². The van der Waals surface area contributed by atoms with Gasteiger partial charge in [0.05, 0.1) is 17.9 Å². The first-order valence-electron chi connectivity index (χ1n) is 12.2. The van der Waals surface area contributed by atoms with Crippen molar-refractivity contribution in [3.05, 3.63) is 71.5 Å². The second-order valence-corrected chi connectivity index (χ2v) is 11.1. The van der Waals surface area contributed by atoms with Crippen molar-refractivity contribution < 1.29 is 9.59 Å². The number of carbonyl (C=O) groups excluding carboxylic acids is 2. The topological polar surface area (TPSA) is 79.3 Å². The Morgan fingerprint density at radius 3 is 2.42 bits per heavy atom. The number of hydrogen-bond acceptors (Lipinski definition) is 5. The highest BCUT2D eigenvalue weighted by molar-refractivity contribution is 7.97. The number of aromatic nitrogens is 2. The molecule has 192 valence electrons. The van der Waals surface area contributed by atoms with E-state index in [-0.39, 0.29) is 11.3 Å². The van der Waals surface area contributed by atoms with E-state index >= 15 is 0 Å². The van der Waals surface area contributed by atoms with E-state index in [2.05, 4.69) is 88.0 Å². The third-order valence-electron chi connectivity index (χ3n) is 6.04. The first kappa shape index (κ1) is 27.5. The fourth-order valence-corrected chi connectivity index (χ4v) is 5.18. The summed E-state index contributed by atoms with van der Waals surface area (Å²) in [4.78, 5) is 27.6. The van der Waals surface area contributed by atoms with Gasteiger partial charge in [-0.25, -0.2) is 9.29 Å². The van der Waals surface area contributed by atoms with Gasteiger partial charge in [-0.2, -0.15) is 0 Å². The molecule has 0 bridgehead atoms. The number of amides is 2. The van der Waals surface area contributed by atoms with E-state index < -0.39 is 6.04 Å². The van der Waals surface area contributed by atoms with Crippen molar-refractivity contribution in [3.8, 4) is 11.4 Å². The molecule has 1 aliphatic rings. The van der Waals surface area contributed by atoms with Crippen molar-refractivity contribution in [3.63, 3.8) is 0 Å². The average molecular weight is 508 g/mol. The van der Waals surface area contributed by atoms with Crippen LogP contribution in [0, 0.1) is 19.3 Å². The Morgan fingerprint density at radius 2 is 1.81 bits per heavy atom. The van der Waals surface area contributed by atoms with Crippen LogP contribution in [-0.4, -0.2) is 45.8 Å². The number of rotatable bonds is 6. The van der Waals surface area contributed by atoms with Gasteiger partial charge in [-0.15, -0.1) is 0 Å². The highest BCUT2D eigenvalue weighted by Gasteiger charge is 2.29. The summed E-state index contributed by atoms with van der Waals surface area (Å²) in [6.45, 7) is 12.9. The molecule has 2 N–H and O–H groups in total. The number of imidazole rings is 1. The SMILES string of the molecule is CNC(=O)C(NC=O)C(C)(C)C.Cc1cccc(SN2CCn3c(-c4ccccc4)nc(C)c3C2)c1. The molecule has 2 aromatic carbocycles. The molecule has 8 heteroatoms. The fraction of sp³-hybridized carbons (Fsp3) is 0.393. The minimum Gasteiger partial charge on any atom is -0.357 e. The Morgan fingerprint density at radius 1 is 1.08 bits per heavy atom. The molecule has 0 saturated heterocycles. The van der Waals surface area contributed by atoms with Gasteiger partial charge < -0.3 is 15.2 Å². The third kappa shape index (κ3) is 6.98. The highest BCUT2D eigenvalue weighted by atomic mass is 32.2. The zero-order valence-electron chi connectivity index (χ0n) is 22.0. The summed E-state index contributed by atoms with van der Waals surface area (Å²) in [5.41, 5.74) is 4.72. The molecule has 36 heavy (non-hydrogen) atoms. The van der Waals surface area contributed by atoms with Crippen molar-refractivity contribution in [2.75, 3.05) is 13.6 Å². The van der Waals surface area contributed by atoms with Crippen molar-refractivity contribution in [2.45, 2.75) is 58.6 Å². The summed E-state index contributed by atoms with van der Waals surface area (Å²) in [7, 11) is 1.55. The molecule has 0 saturated carbocycles. The molecule has 0 fully saturated rings. The lowest BCUT2D eigenvalue weighted by Gasteiger charge is -2.28. The molecule has 0 spiro atoms. The minimum absolute atomic E-state index is 0.172. The first-order valence-corrected chi connectivity index (χ1v) is 12.9. The van der Waals surface area contributed by atoms with Gasteiger partial charge >= 0.3 is 0 Å². The minimum atomic E-state index is -0.472. The molecule has 0 aliphatic carbocycles. The molecular formula is C28H37N5O2S. The average Bonchev–Trinajstić information content (AvgIpc) is 3.18. The Hall–Kier alpha value is -3.10. The highest BCUT2D eigenvalue weighted by Crippen LogP contribution is 2.31. The lowest BCUT2D eigenvalue weighted by Crippen LogP contribution is -2.50. The quantitative estimate of drug-likeness (QED) is 0.377. The van der Waals surface area contributed by atoms with E-state index in [4.69, 9.17) is 4.98 Å². The third-order valence-corrected chi connectivity index (χ3v) is 7.07. The number of hydrogen-bond donors (Lipinski definition) is 2. The van der Waals surface area contributed by atoms with Crippen molar-refractivity contribution in [1.29, 1.82) is 0 Å². The number of likely N-dealkylation sites (N-methyl/N-ethyl adjacent to an activating group) is 1. The van der Waals surface area contributed by atoms with Crippen LogP contribution in [0.25, 0.3) is 11.4 Å². The van der Waals surface area contributed by atoms with Crippen LogP contribution in [0.5, 0.6) is 0 Å². The summed E-state index contributed by atoms with van der Waals surface area (Å²) >= 11 is 1.85. The maximum absolute atomic E-state index is 11.2.